The molecule has 0 aromatic heterocycles. The quantitative estimate of drug-likeness (QED) is 0.919. The summed E-state index contributed by atoms with van der Waals surface area (Å²) >= 11 is 11.9. The summed E-state index contributed by atoms with van der Waals surface area (Å²) in [6.45, 7) is 1.07. The Morgan fingerprint density at radius 1 is 1.32 bits per heavy atom. The number of carbonyl (C=O) groups is 2. The van der Waals surface area contributed by atoms with E-state index in [9.17, 15) is 9.59 Å². The highest BCUT2D eigenvalue weighted by atomic mass is 35.5. The van der Waals surface area contributed by atoms with Gasteiger partial charge in [0.1, 0.15) is 6.42 Å². The van der Waals surface area contributed by atoms with Crippen LogP contribution in [0.5, 0.6) is 0 Å². The number of likely N-dealkylation sites (tertiary alicyclic amines) is 1. The van der Waals surface area contributed by atoms with Crippen LogP contribution < -0.4 is 5.32 Å². The molecule has 0 spiro atoms. The lowest BCUT2D eigenvalue weighted by Gasteiger charge is -2.32. The Bertz CT molecular complexity index is 620. The van der Waals surface area contributed by atoms with Gasteiger partial charge in [-0.15, -0.1) is 0 Å². The Balaban J connectivity index is 1.91. The molecule has 1 heterocycles. The molecule has 0 unspecified atom stereocenters. The van der Waals surface area contributed by atoms with Gasteiger partial charge in [0.05, 0.1) is 16.7 Å². The van der Waals surface area contributed by atoms with Gasteiger partial charge < -0.3 is 10.2 Å². The first-order valence-corrected chi connectivity index (χ1v) is 7.67. The number of piperidine rings is 1. The van der Waals surface area contributed by atoms with Gasteiger partial charge in [-0.05, 0) is 31.0 Å². The lowest BCUT2D eigenvalue weighted by molar-refractivity contribution is -0.131. The SMILES string of the molecule is N#CCC(=O)N1CCC(NC(=O)c2cc(Cl)ccc2Cl)CC1. The monoisotopic (exact) mass is 339 g/mol. The lowest BCUT2D eigenvalue weighted by atomic mass is 10.0. The topological polar surface area (TPSA) is 73.2 Å². The summed E-state index contributed by atoms with van der Waals surface area (Å²) < 4.78 is 0. The Hall–Kier alpha value is -1.77. The third-order valence-corrected chi connectivity index (χ3v) is 4.15. The van der Waals surface area contributed by atoms with Crippen molar-refractivity contribution in [2.24, 2.45) is 0 Å². The van der Waals surface area contributed by atoms with E-state index < -0.39 is 0 Å². The van der Waals surface area contributed by atoms with Crippen molar-refractivity contribution in [3.8, 4) is 6.07 Å². The Labute approximate surface area is 138 Å². The number of amides is 2. The van der Waals surface area contributed by atoms with Gasteiger partial charge in [0, 0.05) is 24.2 Å². The summed E-state index contributed by atoms with van der Waals surface area (Å²) in [6, 6.07) is 6.58. The molecule has 0 atom stereocenters. The molecular weight excluding hydrogens is 325 g/mol. The number of hydrogen-bond acceptors (Lipinski definition) is 3. The number of hydrogen-bond donors (Lipinski definition) is 1. The second-order valence-electron chi connectivity index (χ2n) is 5.09. The largest absolute Gasteiger partial charge is 0.349 e. The molecule has 0 radical (unpaired) electrons. The fourth-order valence-corrected chi connectivity index (χ4v) is 2.76. The van der Waals surface area contributed by atoms with Gasteiger partial charge in [-0.1, -0.05) is 23.2 Å². The Morgan fingerprint density at radius 2 is 2.00 bits per heavy atom. The molecule has 1 aromatic carbocycles. The summed E-state index contributed by atoms with van der Waals surface area (Å²) in [6.07, 6.45) is 1.21. The van der Waals surface area contributed by atoms with Crippen molar-refractivity contribution in [2.45, 2.75) is 25.3 Å². The fourth-order valence-electron chi connectivity index (χ4n) is 2.39. The summed E-state index contributed by atoms with van der Waals surface area (Å²) in [4.78, 5) is 25.5. The van der Waals surface area contributed by atoms with Crippen LogP contribution in [0.25, 0.3) is 0 Å². The summed E-state index contributed by atoms with van der Waals surface area (Å²) in [7, 11) is 0. The van der Waals surface area contributed by atoms with Crippen molar-refractivity contribution in [1.82, 2.24) is 10.2 Å². The van der Waals surface area contributed by atoms with E-state index >= 15 is 0 Å². The number of halogens is 2. The predicted molar refractivity (Wildman–Crippen MR) is 83.8 cm³/mol. The number of nitriles is 1. The van der Waals surface area contributed by atoms with E-state index in [1.54, 1.807) is 17.0 Å². The van der Waals surface area contributed by atoms with Crippen LogP contribution in [-0.2, 0) is 4.79 Å². The zero-order valence-corrected chi connectivity index (χ0v) is 13.3. The Kier molecular flexibility index (Phi) is 5.64. The molecule has 1 saturated heterocycles. The second kappa shape index (κ2) is 7.48. The van der Waals surface area contributed by atoms with E-state index in [2.05, 4.69) is 5.32 Å². The van der Waals surface area contributed by atoms with Gasteiger partial charge in [-0.25, -0.2) is 0 Å². The van der Waals surface area contributed by atoms with Crippen molar-refractivity contribution in [3.05, 3.63) is 33.8 Å². The van der Waals surface area contributed by atoms with Crippen LogP contribution in [0, 0.1) is 11.3 Å². The van der Waals surface area contributed by atoms with Gasteiger partial charge in [-0.2, -0.15) is 5.26 Å². The Morgan fingerprint density at radius 3 is 2.64 bits per heavy atom. The third-order valence-electron chi connectivity index (χ3n) is 3.59. The van der Waals surface area contributed by atoms with E-state index in [0.29, 0.717) is 41.5 Å². The molecule has 1 aliphatic heterocycles. The third kappa shape index (κ3) is 4.12. The molecule has 22 heavy (non-hydrogen) atoms. The average molecular weight is 340 g/mol. The van der Waals surface area contributed by atoms with Crippen molar-refractivity contribution < 1.29 is 9.59 Å². The predicted octanol–water partition coefficient (Wildman–Crippen LogP) is 2.63. The van der Waals surface area contributed by atoms with E-state index in [0.717, 1.165) is 0 Å². The van der Waals surface area contributed by atoms with E-state index in [1.165, 1.54) is 6.07 Å². The summed E-state index contributed by atoms with van der Waals surface area (Å²) in [5, 5.41) is 12.2. The molecular formula is C15H15Cl2N3O2. The van der Waals surface area contributed by atoms with Gasteiger partial charge in [-0.3, -0.25) is 9.59 Å². The van der Waals surface area contributed by atoms with Crippen molar-refractivity contribution in [1.29, 1.82) is 5.26 Å². The lowest BCUT2D eigenvalue weighted by Crippen LogP contribution is -2.46. The smallest absolute Gasteiger partial charge is 0.253 e. The van der Waals surface area contributed by atoms with Gasteiger partial charge in [0.2, 0.25) is 5.91 Å². The van der Waals surface area contributed by atoms with Crippen LogP contribution in [0.2, 0.25) is 10.0 Å². The molecule has 2 amide bonds. The van der Waals surface area contributed by atoms with Crippen molar-refractivity contribution >= 4 is 35.0 Å². The van der Waals surface area contributed by atoms with Crippen LogP contribution in [0.3, 0.4) is 0 Å². The normalized spacial score (nSPS) is 15.2. The number of rotatable bonds is 3. The van der Waals surface area contributed by atoms with Gasteiger partial charge in [0.25, 0.3) is 5.91 Å². The maximum absolute atomic E-state index is 12.2. The first kappa shape index (κ1) is 16.6. The zero-order valence-electron chi connectivity index (χ0n) is 11.8. The number of nitrogens with zero attached hydrogens (tertiary/aromatic N) is 2. The standard InChI is InChI=1S/C15H15Cl2N3O2/c16-10-1-2-13(17)12(9-10)15(22)19-11-4-7-20(8-5-11)14(21)3-6-18/h1-2,9,11H,3-5,7-8H2,(H,19,22). The molecule has 1 aliphatic rings. The first-order valence-electron chi connectivity index (χ1n) is 6.92. The maximum Gasteiger partial charge on any atom is 0.253 e. The highest BCUT2D eigenvalue weighted by Gasteiger charge is 2.24. The number of benzene rings is 1. The minimum Gasteiger partial charge on any atom is -0.349 e. The molecule has 1 aromatic rings. The van der Waals surface area contributed by atoms with Gasteiger partial charge >= 0.3 is 0 Å². The highest BCUT2D eigenvalue weighted by Crippen LogP contribution is 2.21. The second-order valence-corrected chi connectivity index (χ2v) is 5.93. The van der Waals surface area contributed by atoms with E-state index in [-0.39, 0.29) is 24.3 Å². The van der Waals surface area contributed by atoms with Crippen LogP contribution >= 0.6 is 23.2 Å². The number of carbonyl (C=O) groups excluding carboxylic acids is 2. The number of nitrogens with one attached hydrogen (secondary N) is 1. The zero-order chi connectivity index (χ0) is 16.1. The minimum absolute atomic E-state index is 0.0197. The molecule has 2 rings (SSSR count). The molecule has 1 N–H and O–H groups in total. The first-order chi connectivity index (χ1) is 10.5. The minimum atomic E-state index is -0.269. The van der Waals surface area contributed by atoms with Crippen molar-refractivity contribution in [2.75, 3.05) is 13.1 Å². The highest BCUT2D eigenvalue weighted by molar-refractivity contribution is 6.35. The molecule has 7 heteroatoms. The maximum atomic E-state index is 12.2. The van der Waals surface area contributed by atoms with Crippen molar-refractivity contribution in [3.63, 3.8) is 0 Å². The summed E-state index contributed by atoms with van der Waals surface area (Å²) in [5.41, 5.74) is 0.345. The van der Waals surface area contributed by atoms with E-state index in [1.807, 2.05) is 6.07 Å². The summed E-state index contributed by atoms with van der Waals surface area (Å²) in [5.74, 6) is -0.431. The molecule has 1 fully saturated rings. The van der Waals surface area contributed by atoms with Crippen LogP contribution in [0.15, 0.2) is 18.2 Å². The van der Waals surface area contributed by atoms with Gasteiger partial charge in [0.15, 0.2) is 0 Å². The molecule has 0 saturated carbocycles. The fraction of sp³-hybridized carbons (Fsp3) is 0.400. The van der Waals surface area contributed by atoms with Crippen LogP contribution in [0.1, 0.15) is 29.6 Å². The molecule has 0 bridgehead atoms. The average Bonchev–Trinajstić information content (AvgIpc) is 2.50. The van der Waals surface area contributed by atoms with Crippen LogP contribution in [0.4, 0.5) is 0 Å². The molecule has 5 nitrogen and oxygen atoms in total. The van der Waals surface area contributed by atoms with E-state index in [4.69, 9.17) is 28.5 Å². The molecule has 116 valence electrons. The van der Waals surface area contributed by atoms with Crippen LogP contribution in [-0.4, -0.2) is 35.8 Å². The molecule has 0 aliphatic carbocycles.